The predicted molar refractivity (Wildman–Crippen MR) is 99.0 cm³/mol. The molecule has 23 heavy (non-hydrogen) atoms. The number of hydrogen-bond acceptors (Lipinski definition) is 3. The SMILES string of the molecule is COc1ccc([C@H]2C[C@H](c3ccncc3)C(C)(C)N2)cc1.Cl.Cl. The van der Waals surface area contributed by atoms with Crippen LogP contribution in [0.5, 0.6) is 5.75 Å². The van der Waals surface area contributed by atoms with Crippen LogP contribution in [0.1, 0.15) is 43.4 Å². The van der Waals surface area contributed by atoms with E-state index < -0.39 is 0 Å². The summed E-state index contributed by atoms with van der Waals surface area (Å²) < 4.78 is 5.24. The molecule has 1 aliphatic heterocycles. The van der Waals surface area contributed by atoms with Crippen molar-refractivity contribution in [3.63, 3.8) is 0 Å². The largest absolute Gasteiger partial charge is 0.497 e. The number of halogens is 2. The minimum Gasteiger partial charge on any atom is -0.497 e. The Morgan fingerprint density at radius 1 is 1.00 bits per heavy atom. The van der Waals surface area contributed by atoms with Gasteiger partial charge in [-0.15, -0.1) is 24.8 Å². The Morgan fingerprint density at radius 3 is 2.17 bits per heavy atom. The van der Waals surface area contributed by atoms with Gasteiger partial charge in [0.05, 0.1) is 7.11 Å². The fraction of sp³-hybridized carbons (Fsp3) is 0.389. The zero-order valence-corrected chi connectivity index (χ0v) is 15.3. The normalized spacial score (nSPS) is 21.9. The van der Waals surface area contributed by atoms with Crippen molar-refractivity contribution < 1.29 is 4.74 Å². The first kappa shape index (κ1) is 19.8. The molecular formula is C18H24Cl2N2O. The molecule has 0 unspecified atom stereocenters. The van der Waals surface area contributed by atoms with Crippen molar-refractivity contribution in [2.75, 3.05) is 7.11 Å². The third kappa shape index (κ3) is 4.17. The molecule has 2 aromatic rings. The van der Waals surface area contributed by atoms with E-state index in [4.69, 9.17) is 4.74 Å². The first-order valence-corrected chi connectivity index (χ1v) is 7.42. The first-order chi connectivity index (χ1) is 10.1. The summed E-state index contributed by atoms with van der Waals surface area (Å²) in [6.07, 6.45) is 4.86. The molecule has 2 heterocycles. The van der Waals surface area contributed by atoms with Crippen LogP contribution in [0.3, 0.4) is 0 Å². The van der Waals surface area contributed by atoms with Gasteiger partial charge in [0, 0.05) is 29.9 Å². The summed E-state index contributed by atoms with van der Waals surface area (Å²) in [6.45, 7) is 4.56. The minimum atomic E-state index is 0. The van der Waals surface area contributed by atoms with Gasteiger partial charge in [0.15, 0.2) is 0 Å². The molecule has 0 spiro atoms. The van der Waals surface area contributed by atoms with E-state index in [9.17, 15) is 0 Å². The molecule has 2 atom stereocenters. The molecule has 0 radical (unpaired) electrons. The maximum atomic E-state index is 5.24. The number of nitrogens with one attached hydrogen (secondary N) is 1. The third-order valence-corrected chi connectivity index (χ3v) is 4.52. The lowest BCUT2D eigenvalue weighted by molar-refractivity contribution is 0.397. The molecule has 1 aromatic carbocycles. The molecule has 0 amide bonds. The molecule has 1 N–H and O–H groups in total. The van der Waals surface area contributed by atoms with Crippen molar-refractivity contribution in [3.05, 3.63) is 59.9 Å². The van der Waals surface area contributed by atoms with Crippen LogP contribution >= 0.6 is 24.8 Å². The smallest absolute Gasteiger partial charge is 0.118 e. The van der Waals surface area contributed by atoms with Gasteiger partial charge in [0.2, 0.25) is 0 Å². The van der Waals surface area contributed by atoms with Crippen molar-refractivity contribution in [2.45, 2.75) is 37.8 Å². The van der Waals surface area contributed by atoms with E-state index in [1.165, 1.54) is 11.1 Å². The van der Waals surface area contributed by atoms with E-state index in [1.54, 1.807) is 7.11 Å². The Kier molecular flexibility index (Phi) is 6.87. The average Bonchev–Trinajstić information content (AvgIpc) is 2.84. The number of hydrogen-bond donors (Lipinski definition) is 1. The second kappa shape index (κ2) is 8.00. The van der Waals surface area contributed by atoms with Gasteiger partial charge in [0.25, 0.3) is 0 Å². The standard InChI is InChI=1S/C18H22N2O.2ClH/c1-18(2)16(13-8-10-19-11-9-13)12-17(20-18)14-4-6-15(21-3)7-5-14;;/h4-11,16-17,20H,12H2,1-3H3;2*1H/t16-,17-;;/m1../s1. The molecule has 1 saturated heterocycles. The van der Waals surface area contributed by atoms with Crippen LogP contribution in [0, 0.1) is 0 Å². The van der Waals surface area contributed by atoms with Crippen LogP contribution in [0.2, 0.25) is 0 Å². The number of aromatic nitrogens is 1. The van der Waals surface area contributed by atoms with Gasteiger partial charge in [-0.05, 0) is 55.7 Å². The minimum absolute atomic E-state index is 0. The van der Waals surface area contributed by atoms with Gasteiger partial charge in [-0.25, -0.2) is 0 Å². The van der Waals surface area contributed by atoms with Crippen LogP contribution in [-0.2, 0) is 0 Å². The lowest BCUT2D eigenvalue weighted by Gasteiger charge is -2.27. The maximum absolute atomic E-state index is 5.24. The zero-order valence-electron chi connectivity index (χ0n) is 13.7. The lowest BCUT2D eigenvalue weighted by Crippen LogP contribution is -2.37. The van der Waals surface area contributed by atoms with Gasteiger partial charge >= 0.3 is 0 Å². The van der Waals surface area contributed by atoms with E-state index in [0.717, 1.165) is 12.2 Å². The number of rotatable bonds is 3. The molecular weight excluding hydrogens is 331 g/mol. The fourth-order valence-corrected chi connectivity index (χ4v) is 3.34. The maximum Gasteiger partial charge on any atom is 0.118 e. The molecule has 3 nitrogen and oxygen atoms in total. The van der Waals surface area contributed by atoms with Gasteiger partial charge < -0.3 is 10.1 Å². The highest BCUT2D eigenvalue weighted by atomic mass is 35.5. The molecule has 0 saturated carbocycles. The van der Waals surface area contributed by atoms with E-state index in [1.807, 2.05) is 24.5 Å². The number of nitrogens with zero attached hydrogens (tertiary/aromatic N) is 1. The second-order valence-corrected chi connectivity index (χ2v) is 6.26. The lowest BCUT2D eigenvalue weighted by atomic mass is 9.83. The predicted octanol–water partition coefficient (Wildman–Crippen LogP) is 4.53. The Morgan fingerprint density at radius 2 is 1.61 bits per heavy atom. The van der Waals surface area contributed by atoms with Crippen molar-refractivity contribution in [1.29, 1.82) is 0 Å². The molecule has 1 aliphatic rings. The van der Waals surface area contributed by atoms with E-state index >= 15 is 0 Å². The molecule has 5 heteroatoms. The highest BCUT2D eigenvalue weighted by molar-refractivity contribution is 5.85. The Balaban J connectivity index is 0.00000132. The van der Waals surface area contributed by atoms with Crippen LogP contribution in [0.15, 0.2) is 48.8 Å². The molecule has 1 aromatic heterocycles. The Bertz CT molecular complexity index is 602. The van der Waals surface area contributed by atoms with Crippen LogP contribution in [-0.4, -0.2) is 17.6 Å². The number of methoxy groups -OCH3 is 1. The first-order valence-electron chi connectivity index (χ1n) is 7.42. The fourth-order valence-electron chi connectivity index (χ4n) is 3.34. The van der Waals surface area contributed by atoms with Crippen molar-refractivity contribution in [1.82, 2.24) is 10.3 Å². The average molecular weight is 355 g/mol. The number of ether oxygens (including phenoxy) is 1. The van der Waals surface area contributed by atoms with E-state index in [2.05, 4.69) is 48.4 Å². The van der Waals surface area contributed by atoms with Gasteiger partial charge in [-0.2, -0.15) is 0 Å². The summed E-state index contributed by atoms with van der Waals surface area (Å²) in [6, 6.07) is 13.0. The number of pyridine rings is 1. The van der Waals surface area contributed by atoms with Crippen molar-refractivity contribution in [2.24, 2.45) is 0 Å². The topological polar surface area (TPSA) is 34.1 Å². The van der Waals surface area contributed by atoms with Gasteiger partial charge in [-0.1, -0.05) is 12.1 Å². The highest BCUT2D eigenvalue weighted by Crippen LogP contribution is 2.43. The zero-order chi connectivity index (χ0) is 14.9. The Labute approximate surface area is 150 Å². The number of benzene rings is 1. The molecule has 126 valence electrons. The summed E-state index contributed by atoms with van der Waals surface area (Å²) in [5, 5.41) is 3.77. The van der Waals surface area contributed by atoms with Crippen molar-refractivity contribution >= 4 is 24.8 Å². The second-order valence-electron chi connectivity index (χ2n) is 6.26. The summed E-state index contributed by atoms with van der Waals surface area (Å²) in [5.41, 5.74) is 2.75. The Hall–Kier alpha value is -1.29. The van der Waals surface area contributed by atoms with Gasteiger partial charge in [-0.3, -0.25) is 4.98 Å². The summed E-state index contributed by atoms with van der Waals surface area (Å²) in [7, 11) is 1.70. The monoisotopic (exact) mass is 354 g/mol. The third-order valence-electron chi connectivity index (χ3n) is 4.52. The molecule has 3 rings (SSSR count). The molecule has 1 fully saturated rings. The highest BCUT2D eigenvalue weighted by Gasteiger charge is 2.40. The van der Waals surface area contributed by atoms with Gasteiger partial charge in [0.1, 0.15) is 5.75 Å². The van der Waals surface area contributed by atoms with Crippen molar-refractivity contribution in [3.8, 4) is 5.75 Å². The summed E-state index contributed by atoms with van der Waals surface area (Å²) >= 11 is 0. The summed E-state index contributed by atoms with van der Waals surface area (Å²) in [5.74, 6) is 1.40. The summed E-state index contributed by atoms with van der Waals surface area (Å²) in [4.78, 5) is 4.13. The van der Waals surface area contributed by atoms with E-state index in [-0.39, 0.29) is 30.4 Å². The van der Waals surface area contributed by atoms with Crippen LogP contribution in [0.25, 0.3) is 0 Å². The van der Waals surface area contributed by atoms with Crippen LogP contribution < -0.4 is 10.1 Å². The van der Waals surface area contributed by atoms with E-state index in [0.29, 0.717) is 12.0 Å². The molecule has 0 aliphatic carbocycles. The quantitative estimate of drug-likeness (QED) is 0.878. The van der Waals surface area contributed by atoms with Crippen LogP contribution in [0.4, 0.5) is 0 Å². The molecule has 0 bridgehead atoms.